The third-order valence-corrected chi connectivity index (χ3v) is 4.64. The molecule has 1 amide bonds. The zero-order valence-corrected chi connectivity index (χ0v) is 14.8. The van der Waals surface area contributed by atoms with E-state index in [1.807, 2.05) is 5.38 Å². The first-order chi connectivity index (χ1) is 12.1. The number of aromatic nitrogens is 1. The first-order valence-corrected chi connectivity index (χ1v) is 9.05. The Hall–Kier alpha value is -2.53. The van der Waals surface area contributed by atoms with E-state index in [0.717, 1.165) is 24.1 Å². The first-order valence-electron chi connectivity index (χ1n) is 8.17. The highest BCUT2D eigenvalue weighted by atomic mass is 32.1. The van der Waals surface area contributed by atoms with E-state index in [1.54, 1.807) is 12.1 Å². The van der Waals surface area contributed by atoms with Gasteiger partial charge in [0.1, 0.15) is 5.82 Å². The summed E-state index contributed by atoms with van der Waals surface area (Å²) in [5, 5.41) is 5.26. The molecule has 0 radical (unpaired) electrons. The number of nitrogens with zero attached hydrogens (tertiary/aromatic N) is 1. The van der Waals surface area contributed by atoms with Crippen LogP contribution in [0.4, 0.5) is 9.52 Å². The second-order valence-electron chi connectivity index (χ2n) is 5.93. The van der Waals surface area contributed by atoms with Gasteiger partial charge < -0.3 is 5.32 Å². The van der Waals surface area contributed by atoms with Gasteiger partial charge in [-0.1, -0.05) is 29.8 Å². The number of anilines is 1. The maximum Gasteiger partial charge on any atom is 0.226 e. The van der Waals surface area contributed by atoms with Gasteiger partial charge in [-0.15, -0.1) is 11.3 Å². The van der Waals surface area contributed by atoms with Crippen LogP contribution in [-0.4, -0.2) is 10.9 Å². The second kappa shape index (κ2) is 8.03. The van der Waals surface area contributed by atoms with Gasteiger partial charge in [0.2, 0.25) is 5.91 Å². The molecule has 0 spiro atoms. The topological polar surface area (TPSA) is 42.0 Å². The summed E-state index contributed by atoms with van der Waals surface area (Å²) in [5.74, 6) is -0.312. The van der Waals surface area contributed by atoms with Crippen molar-refractivity contribution in [3.63, 3.8) is 0 Å². The van der Waals surface area contributed by atoms with E-state index in [9.17, 15) is 9.18 Å². The van der Waals surface area contributed by atoms with Gasteiger partial charge in [-0.05, 0) is 49.6 Å². The molecule has 0 saturated heterocycles. The van der Waals surface area contributed by atoms with Crippen LogP contribution in [0.1, 0.15) is 24.0 Å². The molecule has 1 aromatic heterocycles. The van der Waals surface area contributed by atoms with Crippen molar-refractivity contribution in [2.75, 3.05) is 5.32 Å². The largest absolute Gasteiger partial charge is 0.302 e. The van der Waals surface area contributed by atoms with Crippen LogP contribution in [0, 0.1) is 12.7 Å². The summed E-state index contributed by atoms with van der Waals surface area (Å²) in [4.78, 5) is 16.4. The molecule has 0 aliphatic carbocycles. The van der Waals surface area contributed by atoms with Gasteiger partial charge in [0, 0.05) is 17.4 Å². The Morgan fingerprint density at radius 3 is 2.56 bits per heavy atom. The van der Waals surface area contributed by atoms with Gasteiger partial charge >= 0.3 is 0 Å². The van der Waals surface area contributed by atoms with Crippen LogP contribution in [-0.2, 0) is 11.2 Å². The van der Waals surface area contributed by atoms with Crippen molar-refractivity contribution in [3.05, 3.63) is 70.9 Å². The normalized spacial score (nSPS) is 10.6. The van der Waals surface area contributed by atoms with Crippen molar-refractivity contribution in [2.24, 2.45) is 0 Å². The van der Waals surface area contributed by atoms with Crippen LogP contribution in [0.15, 0.2) is 53.9 Å². The van der Waals surface area contributed by atoms with Gasteiger partial charge in [0.15, 0.2) is 5.13 Å². The Labute approximate surface area is 150 Å². The van der Waals surface area contributed by atoms with Crippen molar-refractivity contribution < 1.29 is 9.18 Å². The summed E-state index contributed by atoms with van der Waals surface area (Å²) in [5.41, 5.74) is 4.05. The molecule has 2 aromatic carbocycles. The predicted octanol–water partition coefficient (Wildman–Crippen LogP) is 5.22. The zero-order valence-electron chi connectivity index (χ0n) is 14.0. The number of carbonyl (C=O) groups excluding carboxylic acids is 1. The van der Waals surface area contributed by atoms with Crippen LogP contribution < -0.4 is 5.32 Å². The summed E-state index contributed by atoms with van der Waals surface area (Å²) in [6.45, 7) is 2.06. The molecule has 0 atom stereocenters. The van der Waals surface area contributed by atoms with E-state index in [4.69, 9.17) is 0 Å². The molecule has 0 aliphatic rings. The lowest BCUT2D eigenvalue weighted by molar-refractivity contribution is -0.116. The summed E-state index contributed by atoms with van der Waals surface area (Å²) < 4.78 is 13.0. The highest BCUT2D eigenvalue weighted by molar-refractivity contribution is 7.14. The molecule has 25 heavy (non-hydrogen) atoms. The zero-order chi connectivity index (χ0) is 17.6. The summed E-state index contributed by atoms with van der Waals surface area (Å²) >= 11 is 1.37. The molecular weight excluding hydrogens is 335 g/mol. The number of rotatable bonds is 6. The summed E-state index contributed by atoms with van der Waals surface area (Å²) in [6.07, 6.45) is 2.14. The number of benzene rings is 2. The SMILES string of the molecule is Cc1ccc(CCCC(=O)Nc2nc(-c3ccc(F)cc3)cs2)cc1. The molecule has 0 saturated carbocycles. The maximum atomic E-state index is 13.0. The van der Waals surface area contributed by atoms with Crippen LogP contribution in [0.2, 0.25) is 0 Å². The number of hydrogen-bond donors (Lipinski definition) is 1. The molecule has 0 fully saturated rings. The van der Waals surface area contributed by atoms with Gasteiger partial charge in [0.05, 0.1) is 5.69 Å². The van der Waals surface area contributed by atoms with Crippen LogP contribution in [0.5, 0.6) is 0 Å². The fourth-order valence-corrected chi connectivity index (χ4v) is 3.21. The first kappa shape index (κ1) is 17.3. The van der Waals surface area contributed by atoms with Gasteiger partial charge in [0.25, 0.3) is 0 Å². The molecule has 0 bridgehead atoms. The molecule has 3 aromatic rings. The standard InChI is InChI=1S/C20H19FN2OS/c1-14-5-7-15(8-6-14)3-2-4-19(24)23-20-22-18(13-25-20)16-9-11-17(21)12-10-16/h5-13H,2-4H2,1H3,(H,22,23,24). The fourth-order valence-electron chi connectivity index (χ4n) is 2.47. The lowest BCUT2D eigenvalue weighted by Gasteiger charge is -2.03. The number of carbonyl (C=O) groups is 1. The Morgan fingerprint density at radius 2 is 1.84 bits per heavy atom. The van der Waals surface area contributed by atoms with Crippen LogP contribution >= 0.6 is 11.3 Å². The quantitative estimate of drug-likeness (QED) is 0.659. The van der Waals surface area contributed by atoms with E-state index in [-0.39, 0.29) is 11.7 Å². The number of nitrogens with one attached hydrogen (secondary N) is 1. The number of halogens is 1. The monoisotopic (exact) mass is 354 g/mol. The Kier molecular flexibility index (Phi) is 5.56. The fraction of sp³-hybridized carbons (Fsp3) is 0.200. The van der Waals surface area contributed by atoms with E-state index in [1.165, 1.54) is 34.6 Å². The number of hydrogen-bond acceptors (Lipinski definition) is 3. The lowest BCUT2D eigenvalue weighted by Crippen LogP contribution is -2.11. The molecule has 5 heteroatoms. The minimum Gasteiger partial charge on any atom is -0.302 e. The van der Waals surface area contributed by atoms with E-state index >= 15 is 0 Å². The highest BCUT2D eigenvalue weighted by Gasteiger charge is 2.08. The highest BCUT2D eigenvalue weighted by Crippen LogP contribution is 2.25. The van der Waals surface area contributed by atoms with Crippen molar-refractivity contribution in [1.82, 2.24) is 4.98 Å². The lowest BCUT2D eigenvalue weighted by atomic mass is 10.1. The van der Waals surface area contributed by atoms with Crippen LogP contribution in [0.25, 0.3) is 11.3 Å². The number of thiazole rings is 1. The maximum absolute atomic E-state index is 13.0. The van der Waals surface area contributed by atoms with Crippen molar-refractivity contribution in [3.8, 4) is 11.3 Å². The van der Waals surface area contributed by atoms with Gasteiger partial charge in [-0.3, -0.25) is 4.79 Å². The summed E-state index contributed by atoms with van der Waals surface area (Å²) in [6, 6.07) is 14.5. The summed E-state index contributed by atoms with van der Waals surface area (Å²) in [7, 11) is 0. The smallest absolute Gasteiger partial charge is 0.226 e. The average molecular weight is 354 g/mol. The Balaban J connectivity index is 1.49. The molecular formula is C20H19FN2OS. The van der Waals surface area contributed by atoms with E-state index in [2.05, 4.69) is 41.5 Å². The third-order valence-electron chi connectivity index (χ3n) is 3.88. The molecule has 3 nitrogen and oxygen atoms in total. The second-order valence-corrected chi connectivity index (χ2v) is 6.79. The number of aryl methyl sites for hydroxylation is 2. The van der Waals surface area contributed by atoms with E-state index in [0.29, 0.717) is 11.6 Å². The molecule has 1 heterocycles. The molecule has 1 N–H and O–H groups in total. The van der Waals surface area contributed by atoms with Crippen molar-refractivity contribution in [2.45, 2.75) is 26.2 Å². The number of amides is 1. The predicted molar refractivity (Wildman–Crippen MR) is 100 cm³/mol. The Bertz CT molecular complexity index is 841. The minimum absolute atomic E-state index is 0.0351. The van der Waals surface area contributed by atoms with Gasteiger partial charge in [-0.2, -0.15) is 0 Å². The van der Waals surface area contributed by atoms with Crippen molar-refractivity contribution in [1.29, 1.82) is 0 Å². The van der Waals surface area contributed by atoms with Gasteiger partial charge in [-0.25, -0.2) is 9.37 Å². The average Bonchev–Trinajstić information content (AvgIpc) is 3.06. The van der Waals surface area contributed by atoms with E-state index < -0.39 is 0 Å². The minimum atomic E-state index is -0.277. The Morgan fingerprint density at radius 1 is 1.12 bits per heavy atom. The molecule has 3 rings (SSSR count). The third kappa shape index (κ3) is 4.97. The molecule has 0 aliphatic heterocycles. The van der Waals surface area contributed by atoms with Crippen LogP contribution in [0.3, 0.4) is 0 Å². The molecule has 0 unspecified atom stereocenters. The van der Waals surface area contributed by atoms with Crippen molar-refractivity contribution >= 4 is 22.4 Å². The molecule has 128 valence electrons.